The highest BCUT2D eigenvalue weighted by Crippen LogP contribution is 2.21. The van der Waals surface area contributed by atoms with Crippen molar-refractivity contribution in [2.24, 2.45) is 5.92 Å². The van der Waals surface area contributed by atoms with Crippen molar-refractivity contribution < 1.29 is 14.3 Å². The Hall–Kier alpha value is -1.55. The van der Waals surface area contributed by atoms with Gasteiger partial charge < -0.3 is 9.64 Å². The molecular weight excluding hydrogens is 278 g/mol. The van der Waals surface area contributed by atoms with Crippen molar-refractivity contribution >= 4 is 23.5 Å². The van der Waals surface area contributed by atoms with Crippen molar-refractivity contribution in [3.05, 3.63) is 34.9 Å². The largest absolute Gasteiger partial charge is 0.469 e. The van der Waals surface area contributed by atoms with Crippen LogP contribution in [-0.4, -0.2) is 37.0 Å². The second kappa shape index (κ2) is 6.75. The van der Waals surface area contributed by atoms with Gasteiger partial charge in [0.1, 0.15) is 0 Å². The lowest BCUT2D eigenvalue weighted by atomic mass is 9.96. The Bertz CT molecular complexity index is 496. The van der Waals surface area contributed by atoms with Crippen LogP contribution in [0.25, 0.3) is 0 Å². The van der Waals surface area contributed by atoms with Gasteiger partial charge in [-0.15, -0.1) is 0 Å². The van der Waals surface area contributed by atoms with E-state index in [1.165, 1.54) is 7.11 Å². The van der Waals surface area contributed by atoms with Crippen LogP contribution >= 0.6 is 11.6 Å². The molecule has 0 radical (unpaired) electrons. The number of rotatable bonds is 3. The van der Waals surface area contributed by atoms with Gasteiger partial charge in [-0.3, -0.25) is 9.59 Å². The molecule has 0 aromatic heterocycles. The van der Waals surface area contributed by atoms with E-state index in [1.807, 2.05) is 18.2 Å². The summed E-state index contributed by atoms with van der Waals surface area (Å²) in [5.41, 5.74) is 0.842. The van der Waals surface area contributed by atoms with E-state index in [2.05, 4.69) is 0 Å². The number of benzene rings is 1. The first-order chi connectivity index (χ1) is 9.61. The molecule has 0 atom stereocenters. The molecule has 1 aromatic rings. The fourth-order valence-corrected chi connectivity index (χ4v) is 2.65. The van der Waals surface area contributed by atoms with Gasteiger partial charge in [0.15, 0.2) is 0 Å². The molecule has 0 spiro atoms. The van der Waals surface area contributed by atoms with E-state index < -0.39 is 0 Å². The number of nitrogens with zero attached hydrogens (tertiary/aromatic N) is 1. The van der Waals surface area contributed by atoms with E-state index in [9.17, 15) is 9.59 Å². The zero-order valence-corrected chi connectivity index (χ0v) is 12.2. The van der Waals surface area contributed by atoms with Crippen LogP contribution < -0.4 is 0 Å². The summed E-state index contributed by atoms with van der Waals surface area (Å²) in [6.07, 6.45) is 1.64. The summed E-state index contributed by atoms with van der Waals surface area (Å²) < 4.78 is 4.74. The average molecular weight is 296 g/mol. The minimum atomic E-state index is -0.178. The number of hydrogen-bond donors (Lipinski definition) is 0. The smallest absolute Gasteiger partial charge is 0.308 e. The fourth-order valence-electron chi connectivity index (χ4n) is 2.45. The van der Waals surface area contributed by atoms with Crippen LogP contribution in [0.1, 0.15) is 18.4 Å². The van der Waals surface area contributed by atoms with Crippen molar-refractivity contribution in [3.63, 3.8) is 0 Å². The van der Waals surface area contributed by atoms with E-state index in [0.29, 0.717) is 37.4 Å². The van der Waals surface area contributed by atoms with Crippen LogP contribution in [0.5, 0.6) is 0 Å². The van der Waals surface area contributed by atoms with Crippen molar-refractivity contribution in [1.29, 1.82) is 0 Å². The Balaban J connectivity index is 1.89. The molecule has 1 amide bonds. The number of likely N-dealkylation sites (tertiary alicyclic amines) is 1. The molecule has 0 bridgehead atoms. The summed E-state index contributed by atoms with van der Waals surface area (Å²) in [6, 6.07) is 7.37. The first kappa shape index (κ1) is 14.9. The number of methoxy groups -OCH3 is 1. The molecule has 1 aliphatic rings. The molecular formula is C15H18ClNO3. The minimum absolute atomic E-state index is 0.0569. The number of esters is 1. The second-order valence-corrected chi connectivity index (χ2v) is 5.35. The Kier molecular flexibility index (Phi) is 5.01. The summed E-state index contributed by atoms with van der Waals surface area (Å²) in [7, 11) is 1.40. The third-order valence-electron chi connectivity index (χ3n) is 3.68. The quantitative estimate of drug-likeness (QED) is 0.804. The van der Waals surface area contributed by atoms with Gasteiger partial charge in [0, 0.05) is 18.1 Å². The van der Waals surface area contributed by atoms with E-state index in [-0.39, 0.29) is 17.8 Å². The topological polar surface area (TPSA) is 46.6 Å². The molecule has 2 rings (SSSR count). The molecule has 5 heteroatoms. The molecule has 1 aliphatic heterocycles. The number of carbonyl (C=O) groups is 2. The maximum absolute atomic E-state index is 12.2. The standard InChI is InChI=1S/C15H18ClNO3/c1-20-15(19)11-6-8-17(9-7-11)14(18)10-12-4-2-3-5-13(12)16/h2-5,11H,6-10H2,1H3. The lowest BCUT2D eigenvalue weighted by Crippen LogP contribution is -2.41. The minimum Gasteiger partial charge on any atom is -0.469 e. The predicted molar refractivity (Wildman–Crippen MR) is 76.5 cm³/mol. The van der Waals surface area contributed by atoms with Gasteiger partial charge in [-0.1, -0.05) is 29.8 Å². The zero-order chi connectivity index (χ0) is 14.5. The first-order valence-electron chi connectivity index (χ1n) is 6.71. The van der Waals surface area contributed by atoms with Gasteiger partial charge in [0.2, 0.25) is 5.91 Å². The van der Waals surface area contributed by atoms with Crippen molar-refractivity contribution in [3.8, 4) is 0 Å². The number of amides is 1. The van der Waals surface area contributed by atoms with Gasteiger partial charge >= 0.3 is 5.97 Å². The van der Waals surface area contributed by atoms with Gasteiger partial charge in [-0.2, -0.15) is 0 Å². The second-order valence-electron chi connectivity index (χ2n) is 4.95. The number of hydrogen-bond acceptors (Lipinski definition) is 3. The van der Waals surface area contributed by atoms with Crippen molar-refractivity contribution in [1.82, 2.24) is 4.90 Å². The summed E-state index contributed by atoms with van der Waals surface area (Å²) in [6.45, 7) is 1.20. The van der Waals surface area contributed by atoms with Crippen molar-refractivity contribution in [2.45, 2.75) is 19.3 Å². The molecule has 1 aromatic carbocycles. The fraction of sp³-hybridized carbons (Fsp3) is 0.467. The molecule has 1 heterocycles. The monoisotopic (exact) mass is 295 g/mol. The average Bonchev–Trinajstić information content (AvgIpc) is 2.49. The summed E-state index contributed by atoms with van der Waals surface area (Å²) in [4.78, 5) is 25.4. The van der Waals surface area contributed by atoms with E-state index in [4.69, 9.17) is 16.3 Å². The number of piperidine rings is 1. The summed E-state index contributed by atoms with van der Waals surface area (Å²) in [5, 5.41) is 0.616. The molecule has 0 saturated carbocycles. The molecule has 20 heavy (non-hydrogen) atoms. The lowest BCUT2D eigenvalue weighted by molar-refractivity contribution is -0.148. The van der Waals surface area contributed by atoms with Crippen LogP contribution in [0.15, 0.2) is 24.3 Å². The highest BCUT2D eigenvalue weighted by Gasteiger charge is 2.27. The van der Waals surface area contributed by atoms with E-state index in [0.717, 1.165) is 5.56 Å². The Labute approximate surface area is 123 Å². The number of halogens is 1. The first-order valence-corrected chi connectivity index (χ1v) is 7.08. The van der Waals surface area contributed by atoms with Gasteiger partial charge in [0.05, 0.1) is 19.4 Å². The molecule has 108 valence electrons. The number of carbonyl (C=O) groups excluding carboxylic acids is 2. The van der Waals surface area contributed by atoms with Crippen LogP contribution in [-0.2, 0) is 20.7 Å². The third kappa shape index (κ3) is 3.51. The van der Waals surface area contributed by atoms with Gasteiger partial charge in [0.25, 0.3) is 0 Å². The van der Waals surface area contributed by atoms with Gasteiger partial charge in [-0.25, -0.2) is 0 Å². The van der Waals surface area contributed by atoms with E-state index >= 15 is 0 Å². The molecule has 0 N–H and O–H groups in total. The predicted octanol–water partition coefficient (Wildman–Crippen LogP) is 2.29. The highest BCUT2D eigenvalue weighted by atomic mass is 35.5. The maximum atomic E-state index is 12.2. The van der Waals surface area contributed by atoms with Crippen LogP contribution in [0.3, 0.4) is 0 Å². The number of ether oxygens (including phenoxy) is 1. The highest BCUT2D eigenvalue weighted by molar-refractivity contribution is 6.31. The maximum Gasteiger partial charge on any atom is 0.308 e. The Morgan fingerprint density at radius 3 is 2.55 bits per heavy atom. The zero-order valence-electron chi connectivity index (χ0n) is 11.5. The molecule has 0 unspecified atom stereocenters. The van der Waals surface area contributed by atoms with Gasteiger partial charge in [-0.05, 0) is 24.5 Å². The van der Waals surface area contributed by atoms with Crippen LogP contribution in [0, 0.1) is 5.92 Å². The SMILES string of the molecule is COC(=O)C1CCN(C(=O)Cc2ccccc2Cl)CC1. The Morgan fingerprint density at radius 2 is 1.95 bits per heavy atom. The summed E-state index contributed by atoms with van der Waals surface area (Å²) >= 11 is 6.06. The van der Waals surface area contributed by atoms with Crippen LogP contribution in [0.2, 0.25) is 5.02 Å². The van der Waals surface area contributed by atoms with Crippen molar-refractivity contribution in [2.75, 3.05) is 20.2 Å². The lowest BCUT2D eigenvalue weighted by Gasteiger charge is -2.30. The molecule has 1 saturated heterocycles. The molecule has 4 nitrogen and oxygen atoms in total. The normalized spacial score (nSPS) is 16.0. The van der Waals surface area contributed by atoms with Crippen LogP contribution in [0.4, 0.5) is 0 Å². The third-order valence-corrected chi connectivity index (χ3v) is 4.05. The van der Waals surface area contributed by atoms with E-state index in [1.54, 1.807) is 11.0 Å². The molecule has 0 aliphatic carbocycles. The summed E-state index contributed by atoms with van der Waals surface area (Å²) in [5.74, 6) is -0.200. The molecule has 1 fully saturated rings. The Morgan fingerprint density at radius 1 is 1.30 bits per heavy atom.